The molecule has 0 unspecified atom stereocenters. The lowest BCUT2D eigenvalue weighted by atomic mass is 10.0. The highest BCUT2D eigenvalue weighted by Crippen LogP contribution is 2.16. The minimum absolute atomic E-state index is 0.351. The molecule has 1 aromatic carbocycles. The van der Waals surface area contributed by atoms with Crippen LogP contribution in [0.2, 0.25) is 0 Å². The fraction of sp³-hybridized carbons (Fsp3) is 0.632. The topological polar surface area (TPSA) is 77.0 Å². The maximum Gasteiger partial charge on any atom is 0.208 e. The normalized spacial score (nSPS) is 16.8. The summed E-state index contributed by atoms with van der Waals surface area (Å²) in [5.74, 6) is 1.39. The van der Waals surface area contributed by atoms with E-state index in [0.717, 1.165) is 44.9 Å². The molecule has 8 heteroatoms. The Kier molecular flexibility index (Phi) is 8.07. The van der Waals surface area contributed by atoms with Crippen LogP contribution in [0.15, 0.2) is 29.3 Å². The van der Waals surface area contributed by atoms with Crippen LogP contribution < -0.4 is 10.0 Å². The monoisotopic (exact) mass is 395 g/mol. The molecule has 2 rings (SSSR count). The maximum absolute atomic E-state index is 11.1. The molecule has 0 aromatic heterocycles. The van der Waals surface area contributed by atoms with Crippen LogP contribution in [0.5, 0.6) is 0 Å². The molecule has 7 nitrogen and oxygen atoms in total. The second-order valence-corrected chi connectivity index (χ2v) is 9.13. The van der Waals surface area contributed by atoms with Gasteiger partial charge in [-0.1, -0.05) is 38.1 Å². The van der Waals surface area contributed by atoms with Crippen LogP contribution in [0.4, 0.5) is 0 Å². The van der Waals surface area contributed by atoms with Gasteiger partial charge in [-0.15, -0.1) is 0 Å². The summed E-state index contributed by atoms with van der Waals surface area (Å²) in [4.78, 5) is 9.00. The van der Waals surface area contributed by atoms with Crippen molar-refractivity contribution in [1.82, 2.24) is 19.8 Å². The third-order valence-corrected chi connectivity index (χ3v) is 5.44. The summed E-state index contributed by atoms with van der Waals surface area (Å²) in [5, 5.41) is 3.22. The van der Waals surface area contributed by atoms with Gasteiger partial charge in [0.1, 0.15) is 0 Å². The van der Waals surface area contributed by atoms with Crippen LogP contribution in [-0.4, -0.2) is 76.7 Å². The molecule has 0 radical (unpaired) electrons. The molecular weight excluding hydrogens is 362 g/mol. The zero-order chi connectivity index (χ0) is 19.9. The molecule has 0 aliphatic carbocycles. The molecule has 0 atom stereocenters. The van der Waals surface area contributed by atoms with Gasteiger partial charge in [-0.2, -0.15) is 0 Å². The lowest BCUT2D eigenvalue weighted by molar-refractivity contribution is 0.172. The van der Waals surface area contributed by atoms with E-state index in [9.17, 15) is 8.42 Å². The number of hydrogen-bond acceptors (Lipinski definition) is 4. The van der Waals surface area contributed by atoms with Gasteiger partial charge in [0.25, 0.3) is 0 Å². The standard InChI is InChI=1S/C19H33N5O2S/c1-16(2)18-7-5-17(6-8-18)15-23-11-13-24(14-12-23)19(20-3)21-9-10-22-27(4,25)26/h5-8,16,22H,9-15H2,1-4H3,(H,20,21). The molecule has 1 saturated heterocycles. The Morgan fingerprint density at radius 3 is 2.26 bits per heavy atom. The molecule has 1 fully saturated rings. The highest BCUT2D eigenvalue weighted by molar-refractivity contribution is 7.88. The molecule has 0 bridgehead atoms. The average Bonchev–Trinajstić information content (AvgIpc) is 2.62. The van der Waals surface area contributed by atoms with Gasteiger partial charge in [-0.25, -0.2) is 13.1 Å². The highest BCUT2D eigenvalue weighted by Gasteiger charge is 2.19. The van der Waals surface area contributed by atoms with E-state index in [-0.39, 0.29) is 0 Å². The number of sulfonamides is 1. The molecule has 1 aliphatic heterocycles. The Balaban J connectivity index is 1.76. The summed E-state index contributed by atoms with van der Waals surface area (Å²) in [6.07, 6.45) is 1.16. The number of aliphatic imine (C=N–C) groups is 1. The third-order valence-electron chi connectivity index (χ3n) is 4.71. The molecule has 2 N–H and O–H groups in total. The van der Waals surface area contributed by atoms with Crippen molar-refractivity contribution in [3.63, 3.8) is 0 Å². The largest absolute Gasteiger partial charge is 0.355 e. The zero-order valence-electron chi connectivity index (χ0n) is 16.9. The van der Waals surface area contributed by atoms with E-state index in [4.69, 9.17) is 0 Å². The number of rotatable bonds is 7. The van der Waals surface area contributed by atoms with E-state index in [1.165, 1.54) is 11.1 Å². The van der Waals surface area contributed by atoms with Crippen LogP contribution in [0.3, 0.4) is 0 Å². The van der Waals surface area contributed by atoms with Gasteiger partial charge in [0.05, 0.1) is 6.26 Å². The SMILES string of the molecule is CN=C(NCCNS(C)(=O)=O)N1CCN(Cc2ccc(C(C)C)cc2)CC1. The third kappa shape index (κ3) is 7.48. The predicted octanol–water partition coefficient (Wildman–Crippen LogP) is 1.05. The summed E-state index contributed by atoms with van der Waals surface area (Å²) in [6, 6.07) is 8.92. The fourth-order valence-electron chi connectivity index (χ4n) is 3.13. The molecule has 0 amide bonds. The Hall–Kier alpha value is -1.64. The van der Waals surface area contributed by atoms with Gasteiger partial charge in [0, 0.05) is 52.9 Å². The van der Waals surface area contributed by atoms with Crippen molar-refractivity contribution in [2.75, 3.05) is 52.6 Å². The van der Waals surface area contributed by atoms with Gasteiger partial charge in [-0.05, 0) is 17.0 Å². The second kappa shape index (κ2) is 10.1. The fourth-order valence-corrected chi connectivity index (χ4v) is 3.60. The maximum atomic E-state index is 11.1. The van der Waals surface area contributed by atoms with Crippen molar-refractivity contribution in [2.24, 2.45) is 4.99 Å². The predicted molar refractivity (Wildman–Crippen MR) is 112 cm³/mol. The molecule has 1 aromatic rings. The summed E-state index contributed by atoms with van der Waals surface area (Å²) >= 11 is 0. The van der Waals surface area contributed by atoms with E-state index in [1.54, 1.807) is 7.05 Å². The number of piperazine rings is 1. The average molecular weight is 396 g/mol. The Morgan fingerprint density at radius 1 is 1.11 bits per heavy atom. The zero-order valence-corrected chi connectivity index (χ0v) is 17.7. The van der Waals surface area contributed by atoms with Gasteiger partial charge in [0.2, 0.25) is 10.0 Å². The minimum atomic E-state index is -3.15. The van der Waals surface area contributed by atoms with Crippen LogP contribution in [0.1, 0.15) is 30.9 Å². The number of guanidine groups is 1. The van der Waals surface area contributed by atoms with E-state index in [1.807, 2.05) is 0 Å². The highest BCUT2D eigenvalue weighted by atomic mass is 32.2. The smallest absolute Gasteiger partial charge is 0.208 e. The number of nitrogens with one attached hydrogen (secondary N) is 2. The summed E-state index contributed by atoms with van der Waals surface area (Å²) in [5.41, 5.74) is 2.73. The molecule has 27 heavy (non-hydrogen) atoms. The molecule has 0 spiro atoms. The molecular formula is C19H33N5O2S. The van der Waals surface area contributed by atoms with Crippen LogP contribution >= 0.6 is 0 Å². The summed E-state index contributed by atoms with van der Waals surface area (Å²) in [7, 11) is -1.39. The first-order chi connectivity index (χ1) is 12.8. The summed E-state index contributed by atoms with van der Waals surface area (Å²) in [6.45, 7) is 10.0. The molecule has 152 valence electrons. The minimum Gasteiger partial charge on any atom is -0.355 e. The van der Waals surface area contributed by atoms with E-state index in [2.05, 4.69) is 62.9 Å². The molecule has 1 heterocycles. The Bertz CT molecular complexity index is 708. The Labute approximate surface area is 163 Å². The van der Waals surface area contributed by atoms with E-state index >= 15 is 0 Å². The first-order valence-corrected chi connectivity index (χ1v) is 11.4. The van der Waals surface area contributed by atoms with E-state index < -0.39 is 10.0 Å². The van der Waals surface area contributed by atoms with E-state index in [0.29, 0.717) is 19.0 Å². The second-order valence-electron chi connectivity index (χ2n) is 7.30. The number of hydrogen-bond donors (Lipinski definition) is 2. The summed E-state index contributed by atoms with van der Waals surface area (Å²) < 4.78 is 24.7. The lowest BCUT2D eigenvalue weighted by Gasteiger charge is -2.36. The molecule has 1 aliphatic rings. The van der Waals surface area contributed by atoms with Gasteiger partial charge >= 0.3 is 0 Å². The molecule has 0 saturated carbocycles. The first kappa shape index (κ1) is 21.7. The van der Waals surface area contributed by atoms with Crippen LogP contribution in [0, 0.1) is 0 Å². The number of benzene rings is 1. The van der Waals surface area contributed by atoms with Crippen molar-refractivity contribution < 1.29 is 8.42 Å². The first-order valence-electron chi connectivity index (χ1n) is 9.50. The van der Waals surface area contributed by atoms with Crippen molar-refractivity contribution in [3.05, 3.63) is 35.4 Å². The Morgan fingerprint density at radius 2 is 1.74 bits per heavy atom. The van der Waals surface area contributed by atoms with Crippen molar-refractivity contribution in [1.29, 1.82) is 0 Å². The van der Waals surface area contributed by atoms with Crippen LogP contribution in [0.25, 0.3) is 0 Å². The van der Waals surface area contributed by atoms with Crippen molar-refractivity contribution in [2.45, 2.75) is 26.3 Å². The van der Waals surface area contributed by atoms with Crippen LogP contribution in [-0.2, 0) is 16.6 Å². The van der Waals surface area contributed by atoms with Gasteiger partial charge in [-0.3, -0.25) is 9.89 Å². The van der Waals surface area contributed by atoms with Gasteiger partial charge < -0.3 is 10.2 Å². The quantitative estimate of drug-likeness (QED) is 0.410. The van der Waals surface area contributed by atoms with Crippen molar-refractivity contribution in [3.8, 4) is 0 Å². The van der Waals surface area contributed by atoms with Crippen molar-refractivity contribution >= 4 is 16.0 Å². The van der Waals surface area contributed by atoms with Gasteiger partial charge in [0.15, 0.2) is 5.96 Å². The number of nitrogens with zero attached hydrogens (tertiary/aromatic N) is 3. The lowest BCUT2D eigenvalue weighted by Crippen LogP contribution is -2.52.